The van der Waals surface area contributed by atoms with Gasteiger partial charge in [-0.1, -0.05) is 18.2 Å². The van der Waals surface area contributed by atoms with Gasteiger partial charge in [0.05, 0.1) is 0 Å². The zero-order valence-electron chi connectivity index (χ0n) is 13.9. The van der Waals surface area contributed by atoms with Gasteiger partial charge in [0, 0.05) is 19.8 Å². The number of rotatable bonds is 9. The van der Waals surface area contributed by atoms with Crippen LogP contribution in [0.4, 0.5) is 4.39 Å². The number of carboxylic acids is 1. The van der Waals surface area contributed by atoms with Crippen LogP contribution >= 0.6 is 0 Å². The molecular formula is C18H21FN2O4. The van der Waals surface area contributed by atoms with E-state index in [0.29, 0.717) is 12.8 Å². The number of benzene rings is 1. The SMILES string of the molecule is C#CCCC[C@H](NC(=O)[C@H](Cc1ccccc1F)NC(C)=O)C(=O)O. The molecule has 0 bridgehead atoms. The molecule has 0 heterocycles. The van der Waals surface area contributed by atoms with Crippen molar-refractivity contribution in [1.82, 2.24) is 10.6 Å². The van der Waals surface area contributed by atoms with Crippen molar-refractivity contribution < 1.29 is 23.9 Å². The summed E-state index contributed by atoms with van der Waals surface area (Å²) in [6.07, 6.45) is 6.03. The number of hydrogen-bond acceptors (Lipinski definition) is 3. The van der Waals surface area contributed by atoms with Gasteiger partial charge >= 0.3 is 5.97 Å². The number of halogens is 1. The van der Waals surface area contributed by atoms with E-state index in [0.717, 1.165) is 0 Å². The fourth-order valence-electron chi connectivity index (χ4n) is 2.28. The third kappa shape index (κ3) is 7.04. The number of terminal acetylenes is 1. The molecule has 0 saturated carbocycles. The second-order valence-electron chi connectivity index (χ2n) is 5.54. The Morgan fingerprint density at radius 1 is 1.24 bits per heavy atom. The summed E-state index contributed by atoms with van der Waals surface area (Å²) < 4.78 is 13.8. The van der Waals surface area contributed by atoms with Gasteiger partial charge in [0.15, 0.2) is 0 Å². The minimum Gasteiger partial charge on any atom is -0.480 e. The number of aliphatic carboxylic acids is 1. The van der Waals surface area contributed by atoms with E-state index >= 15 is 0 Å². The summed E-state index contributed by atoms with van der Waals surface area (Å²) in [5, 5.41) is 14.0. The molecule has 0 fully saturated rings. The van der Waals surface area contributed by atoms with Crippen LogP contribution in [0, 0.1) is 18.2 Å². The van der Waals surface area contributed by atoms with Crippen molar-refractivity contribution in [2.24, 2.45) is 0 Å². The molecule has 1 aromatic rings. The molecule has 0 radical (unpaired) electrons. The topological polar surface area (TPSA) is 95.5 Å². The number of unbranched alkanes of at least 4 members (excludes halogenated alkanes) is 1. The Balaban J connectivity index is 2.84. The van der Waals surface area contributed by atoms with E-state index in [1.807, 2.05) is 0 Å². The molecule has 25 heavy (non-hydrogen) atoms. The summed E-state index contributed by atoms with van der Waals surface area (Å²) >= 11 is 0. The number of carboxylic acid groups (broad SMARTS) is 1. The van der Waals surface area contributed by atoms with Gasteiger partial charge in [-0.3, -0.25) is 9.59 Å². The van der Waals surface area contributed by atoms with Crippen LogP contribution in [-0.4, -0.2) is 35.0 Å². The van der Waals surface area contributed by atoms with E-state index in [1.54, 1.807) is 6.07 Å². The third-order valence-electron chi connectivity index (χ3n) is 3.50. The number of hydrogen-bond donors (Lipinski definition) is 3. The first-order valence-corrected chi connectivity index (χ1v) is 7.82. The number of carbonyl (C=O) groups excluding carboxylic acids is 2. The lowest BCUT2D eigenvalue weighted by Crippen LogP contribution is -2.52. The van der Waals surface area contributed by atoms with Gasteiger partial charge in [0.1, 0.15) is 17.9 Å². The van der Waals surface area contributed by atoms with Gasteiger partial charge < -0.3 is 15.7 Å². The summed E-state index contributed by atoms with van der Waals surface area (Å²) in [4.78, 5) is 35.0. The lowest BCUT2D eigenvalue weighted by atomic mass is 10.0. The Morgan fingerprint density at radius 2 is 1.92 bits per heavy atom. The highest BCUT2D eigenvalue weighted by Crippen LogP contribution is 2.10. The van der Waals surface area contributed by atoms with Crippen LogP contribution in [0.2, 0.25) is 0 Å². The van der Waals surface area contributed by atoms with Gasteiger partial charge in [-0.25, -0.2) is 9.18 Å². The molecule has 7 heteroatoms. The fraction of sp³-hybridized carbons (Fsp3) is 0.389. The first-order chi connectivity index (χ1) is 11.8. The highest BCUT2D eigenvalue weighted by atomic mass is 19.1. The van der Waals surface area contributed by atoms with Crippen LogP contribution in [0.15, 0.2) is 24.3 Å². The Morgan fingerprint density at radius 3 is 2.48 bits per heavy atom. The van der Waals surface area contributed by atoms with Crippen molar-refractivity contribution in [2.45, 2.75) is 44.7 Å². The smallest absolute Gasteiger partial charge is 0.326 e. The molecule has 1 aromatic carbocycles. The number of amides is 2. The molecule has 0 aliphatic carbocycles. The molecule has 2 amide bonds. The maximum atomic E-state index is 13.8. The van der Waals surface area contributed by atoms with Crippen LogP contribution in [0.1, 0.15) is 31.7 Å². The Bertz CT molecular complexity index is 669. The Labute approximate surface area is 145 Å². The number of nitrogens with one attached hydrogen (secondary N) is 2. The summed E-state index contributed by atoms with van der Waals surface area (Å²) in [6.45, 7) is 1.23. The van der Waals surface area contributed by atoms with Crippen molar-refractivity contribution in [1.29, 1.82) is 0 Å². The van der Waals surface area contributed by atoms with E-state index in [1.165, 1.54) is 25.1 Å². The molecule has 0 unspecified atom stereocenters. The monoisotopic (exact) mass is 348 g/mol. The van der Waals surface area contributed by atoms with Crippen molar-refractivity contribution in [2.75, 3.05) is 0 Å². The molecule has 2 atom stereocenters. The molecule has 0 aromatic heterocycles. The average molecular weight is 348 g/mol. The molecule has 0 saturated heterocycles. The van der Waals surface area contributed by atoms with Crippen LogP contribution in [0.3, 0.4) is 0 Å². The lowest BCUT2D eigenvalue weighted by Gasteiger charge is -2.21. The maximum Gasteiger partial charge on any atom is 0.326 e. The summed E-state index contributed by atoms with van der Waals surface area (Å²) in [6, 6.07) is 3.66. The molecule has 0 spiro atoms. The van der Waals surface area contributed by atoms with Crippen LogP contribution in [0.25, 0.3) is 0 Å². The van der Waals surface area contributed by atoms with Crippen LogP contribution in [0.5, 0.6) is 0 Å². The zero-order chi connectivity index (χ0) is 18.8. The highest BCUT2D eigenvalue weighted by molar-refractivity contribution is 5.90. The highest BCUT2D eigenvalue weighted by Gasteiger charge is 2.26. The zero-order valence-corrected chi connectivity index (χ0v) is 13.9. The van der Waals surface area contributed by atoms with Crippen molar-refractivity contribution >= 4 is 17.8 Å². The first kappa shape index (κ1) is 20.2. The summed E-state index contributed by atoms with van der Waals surface area (Å²) in [5.41, 5.74) is 0.246. The van der Waals surface area contributed by atoms with Gasteiger partial charge in [-0.15, -0.1) is 12.3 Å². The lowest BCUT2D eigenvalue weighted by molar-refractivity contribution is -0.142. The summed E-state index contributed by atoms with van der Waals surface area (Å²) in [7, 11) is 0. The summed E-state index contributed by atoms with van der Waals surface area (Å²) in [5.74, 6) is -0.467. The van der Waals surface area contributed by atoms with E-state index < -0.39 is 35.7 Å². The van der Waals surface area contributed by atoms with Crippen molar-refractivity contribution in [3.63, 3.8) is 0 Å². The van der Waals surface area contributed by atoms with Gasteiger partial charge in [0.2, 0.25) is 11.8 Å². The van der Waals surface area contributed by atoms with E-state index in [-0.39, 0.29) is 18.4 Å². The van der Waals surface area contributed by atoms with E-state index in [9.17, 15) is 23.9 Å². The largest absolute Gasteiger partial charge is 0.480 e. The Kier molecular flexibility index (Phi) is 8.13. The van der Waals surface area contributed by atoms with Crippen molar-refractivity contribution in [3.8, 4) is 12.3 Å². The quantitative estimate of drug-likeness (QED) is 0.462. The minimum atomic E-state index is -1.20. The molecule has 3 N–H and O–H groups in total. The van der Waals surface area contributed by atoms with Gasteiger partial charge in [0.25, 0.3) is 0 Å². The van der Waals surface area contributed by atoms with Crippen molar-refractivity contribution in [3.05, 3.63) is 35.6 Å². The Hall–Kier alpha value is -2.88. The molecular weight excluding hydrogens is 327 g/mol. The minimum absolute atomic E-state index is 0.0885. The second kappa shape index (κ2) is 10.1. The molecule has 1 rings (SSSR count). The van der Waals surface area contributed by atoms with Gasteiger partial charge in [-0.05, 0) is 24.5 Å². The van der Waals surface area contributed by atoms with E-state index in [2.05, 4.69) is 16.6 Å². The molecule has 6 nitrogen and oxygen atoms in total. The normalized spacial score (nSPS) is 12.5. The number of carbonyl (C=O) groups is 3. The second-order valence-corrected chi connectivity index (χ2v) is 5.54. The molecule has 134 valence electrons. The molecule has 0 aliphatic rings. The first-order valence-electron chi connectivity index (χ1n) is 7.82. The predicted octanol–water partition coefficient (Wildman–Crippen LogP) is 1.25. The standard InChI is InChI=1S/C18H21FN2O4/c1-3-4-5-10-15(18(24)25)21-17(23)16(20-12(2)22)11-13-8-6-7-9-14(13)19/h1,6-9,15-16H,4-5,10-11H2,2H3,(H,20,22)(H,21,23)(H,24,25)/t15-,16-/m0/s1. The predicted molar refractivity (Wildman–Crippen MR) is 90.0 cm³/mol. The maximum absolute atomic E-state index is 13.8. The van der Waals surface area contributed by atoms with Gasteiger partial charge in [-0.2, -0.15) is 0 Å². The average Bonchev–Trinajstić information content (AvgIpc) is 2.54. The van der Waals surface area contributed by atoms with Crippen LogP contribution in [-0.2, 0) is 20.8 Å². The van der Waals surface area contributed by atoms with Crippen LogP contribution < -0.4 is 10.6 Å². The third-order valence-corrected chi connectivity index (χ3v) is 3.50. The fourth-order valence-corrected chi connectivity index (χ4v) is 2.28. The van der Waals surface area contributed by atoms with E-state index in [4.69, 9.17) is 6.42 Å². The molecule has 0 aliphatic heterocycles.